The number of piperazine rings is 1. The minimum atomic E-state index is -0.335. The zero-order valence-electron chi connectivity index (χ0n) is 23.7. The maximum atomic E-state index is 13.9. The van der Waals surface area contributed by atoms with Gasteiger partial charge >= 0.3 is 0 Å². The van der Waals surface area contributed by atoms with Gasteiger partial charge in [0.15, 0.2) is 0 Å². The Morgan fingerprint density at radius 1 is 0.952 bits per heavy atom. The fraction of sp³-hybridized carbons (Fsp3) is 0.344. The van der Waals surface area contributed by atoms with Crippen LogP contribution in [0.4, 0.5) is 11.4 Å². The smallest absolute Gasteiger partial charge is 0.258 e. The van der Waals surface area contributed by atoms with Crippen LogP contribution in [0.25, 0.3) is 0 Å². The van der Waals surface area contributed by atoms with Gasteiger partial charge in [-0.25, -0.2) is 0 Å². The number of hydrogen-bond donors (Lipinski definition) is 1. The monoisotopic (exact) mass is 608 g/mol. The Bertz CT molecular complexity index is 1460. The van der Waals surface area contributed by atoms with Crippen molar-refractivity contribution in [3.05, 3.63) is 93.5 Å². The van der Waals surface area contributed by atoms with Gasteiger partial charge < -0.3 is 24.8 Å². The van der Waals surface area contributed by atoms with Crippen LogP contribution in [-0.2, 0) is 9.53 Å². The summed E-state index contributed by atoms with van der Waals surface area (Å²) in [6.07, 6.45) is 0.624. The zero-order chi connectivity index (χ0) is 29.8. The topological polar surface area (TPSA) is 82.2 Å². The molecule has 5 rings (SSSR count). The van der Waals surface area contributed by atoms with E-state index >= 15 is 0 Å². The Hall–Kier alpha value is -3.43. The first-order valence-electron chi connectivity index (χ1n) is 14.0. The minimum Gasteiger partial charge on any atom is -0.380 e. The molecule has 0 bridgehead atoms. The summed E-state index contributed by atoms with van der Waals surface area (Å²) in [5.41, 5.74) is 2.94. The summed E-state index contributed by atoms with van der Waals surface area (Å²) in [4.78, 5) is 45.8. The lowest BCUT2D eigenvalue weighted by Crippen LogP contribution is -2.47. The molecular weight excluding hydrogens is 575 g/mol. The van der Waals surface area contributed by atoms with E-state index in [9.17, 15) is 14.4 Å². The van der Waals surface area contributed by atoms with Crippen LogP contribution in [0.2, 0.25) is 10.0 Å². The van der Waals surface area contributed by atoms with E-state index in [4.69, 9.17) is 27.9 Å². The number of rotatable bonds is 6. The second-order valence-corrected chi connectivity index (χ2v) is 11.7. The minimum absolute atomic E-state index is 0.100. The molecule has 2 atom stereocenters. The summed E-state index contributed by atoms with van der Waals surface area (Å²) in [6, 6.07) is 19.0. The normalized spacial score (nSPS) is 19.1. The van der Waals surface area contributed by atoms with E-state index in [2.05, 4.69) is 17.3 Å². The van der Waals surface area contributed by atoms with Crippen LogP contribution in [-0.4, -0.2) is 80.5 Å². The molecule has 8 nitrogen and oxygen atoms in total. The maximum Gasteiger partial charge on any atom is 0.258 e. The van der Waals surface area contributed by atoms with Crippen LogP contribution in [0.15, 0.2) is 66.7 Å². The maximum absolute atomic E-state index is 13.9. The number of nitrogens with zero attached hydrogens (tertiary/aromatic N) is 3. The summed E-state index contributed by atoms with van der Waals surface area (Å²) in [5.74, 6) is -0.604. The highest BCUT2D eigenvalue weighted by Crippen LogP contribution is 2.40. The predicted molar refractivity (Wildman–Crippen MR) is 166 cm³/mol. The van der Waals surface area contributed by atoms with Gasteiger partial charge in [0.25, 0.3) is 11.8 Å². The lowest BCUT2D eigenvalue weighted by molar-refractivity contribution is -0.133. The molecule has 3 amide bonds. The molecule has 2 aliphatic heterocycles. The quantitative estimate of drug-likeness (QED) is 0.396. The van der Waals surface area contributed by atoms with Gasteiger partial charge in [-0.15, -0.1) is 0 Å². The lowest BCUT2D eigenvalue weighted by atomic mass is 9.89. The first-order chi connectivity index (χ1) is 20.2. The molecule has 2 unspecified atom stereocenters. The third-order valence-electron chi connectivity index (χ3n) is 8.02. The number of anilines is 2. The molecule has 3 aromatic rings. The molecule has 0 spiro atoms. The standard InChI is InChI=1S/C32H34Cl2N4O4/c1-36-13-15-37(16-14-36)30(39)18-22-17-25(42-2)20-38(29-12-9-23(33)19-27(22)29)32(41)21-7-10-24(11-8-21)35-31(40)26-5-3-4-6-28(26)34/h3-12,19,22,25H,13-18,20H2,1-2H3,(H,35,40). The molecule has 10 heteroatoms. The fourth-order valence-corrected chi connectivity index (χ4v) is 5.97. The molecule has 42 heavy (non-hydrogen) atoms. The second-order valence-electron chi connectivity index (χ2n) is 10.8. The van der Waals surface area contributed by atoms with Gasteiger partial charge in [-0.1, -0.05) is 35.3 Å². The number of methoxy groups -OCH3 is 1. The summed E-state index contributed by atoms with van der Waals surface area (Å²) < 4.78 is 5.82. The second kappa shape index (κ2) is 13.3. The van der Waals surface area contributed by atoms with Crippen molar-refractivity contribution in [3.8, 4) is 0 Å². The molecule has 0 radical (unpaired) electrons. The van der Waals surface area contributed by atoms with Crippen molar-refractivity contribution in [2.24, 2.45) is 0 Å². The number of carbonyl (C=O) groups excluding carboxylic acids is 3. The SMILES string of the molecule is COC1CC(CC(=O)N2CCN(C)CC2)c2cc(Cl)ccc2N(C(=O)c2ccc(NC(=O)c3ccccc3Cl)cc2)C1. The summed E-state index contributed by atoms with van der Waals surface area (Å²) in [6.45, 7) is 3.44. The van der Waals surface area contributed by atoms with Crippen molar-refractivity contribution in [1.29, 1.82) is 0 Å². The van der Waals surface area contributed by atoms with Gasteiger partial charge in [0, 0.05) is 61.7 Å². The molecule has 0 aliphatic carbocycles. The third kappa shape index (κ3) is 6.79. The number of nitrogens with one attached hydrogen (secondary N) is 1. The molecule has 1 saturated heterocycles. The van der Waals surface area contributed by atoms with Gasteiger partial charge in [0.05, 0.1) is 23.2 Å². The number of halogens is 2. The highest BCUT2D eigenvalue weighted by Gasteiger charge is 2.34. The Balaban J connectivity index is 1.37. The van der Waals surface area contributed by atoms with Crippen molar-refractivity contribution in [2.45, 2.75) is 24.9 Å². The van der Waals surface area contributed by atoms with E-state index < -0.39 is 0 Å². The van der Waals surface area contributed by atoms with E-state index in [0.29, 0.717) is 59.3 Å². The van der Waals surface area contributed by atoms with Crippen molar-refractivity contribution < 1.29 is 19.1 Å². The first kappa shape index (κ1) is 30.0. The first-order valence-corrected chi connectivity index (χ1v) is 14.8. The number of ether oxygens (including phenoxy) is 1. The van der Waals surface area contributed by atoms with Crippen molar-refractivity contribution in [2.75, 3.05) is 57.1 Å². The Kier molecular flexibility index (Phi) is 9.48. The molecule has 0 aromatic heterocycles. The number of amides is 3. The molecule has 1 fully saturated rings. The van der Waals surface area contributed by atoms with Crippen molar-refractivity contribution in [1.82, 2.24) is 9.80 Å². The molecule has 2 aliphatic rings. The van der Waals surface area contributed by atoms with Crippen LogP contribution in [0.3, 0.4) is 0 Å². The van der Waals surface area contributed by atoms with E-state index in [0.717, 1.165) is 24.3 Å². The molecule has 2 heterocycles. The lowest BCUT2D eigenvalue weighted by Gasteiger charge is -2.33. The van der Waals surface area contributed by atoms with E-state index in [1.54, 1.807) is 66.6 Å². The van der Waals surface area contributed by atoms with Gasteiger partial charge in [-0.05, 0) is 79.5 Å². The van der Waals surface area contributed by atoms with Crippen LogP contribution < -0.4 is 10.2 Å². The van der Waals surface area contributed by atoms with Crippen LogP contribution in [0.5, 0.6) is 0 Å². The summed E-state index contributed by atoms with van der Waals surface area (Å²) in [5, 5.41) is 3.73. The number of likely N-dealkylation sites (N-methyl/N-ethyl adjacent to an activating group) is 1. The molecule has 220 valence electrons. The van der Waals surface area contributed by atoms with Crippen molar-refractivity contribution >= 4 is 52.3 Å². The Morgan fingerprint density at radius 2 is 1.67 bits per heavy atom. The fourth-order valence-electron chi connectivity index (χ4n) is 5.57. The van der Waals surface area contributed by atoms with Gasteiger partial charge in [0.1, 0.15) is 0 Å². The molecule has 3 aromatic carbocycles. The third-order valence-corrected chi connectivity index (χ3v) is 8.58. The van der Waals surface area contributed by atoms with Gasteiger partial charge in [-0.2, -0.15) is 0 Å². The highest BCUT2D eigenvalue weighted by molar-refractivity contribution is 6.34. The zero-order valence-corrected chi connectivity index (χ0v) is 25.2. The van der Waals surface area contributed by atoms with E-state index in [-0.39, 0.29) is 29.7 Å². The van der Waals surface area contributed by atoms with Gasteiger partial charge in [-0.3, -0.25) is 14.4 Å². The van der Waals surface area contributed by atoms with Gasteiger partial charge in [0.2, 0.25) is 5.91 Å². The average molecular weight is 610 g/mol. The van der Waals surface area contributed by atoms with Crippen LogP contribution >= 0.6 is 23.2 Å². The molecule has 0 saturated carbocycles. The average Bonchev–Trinajstić information content (AvgIpc) is 3.14. The predicted octanol–water partition coefficient (Wildman–Crippen LogP) is 5.56. The Morgan fingerprint density at radius 3 is 2.36 bits per heavy atom. The van der Waals surface area contributed by atoms with Crippen LogP contribution in [0, 0.1) is 0 Å². The number of benzene rings is 3. The largest absolute Gasteiger partial charge is 0.380 e. The summed E-state index contributed by atoms with van der Waals surface area (Å²) in [7, 11) is 3.69. The summed E-state index contributed by atoms with van der Waals surface area (Å²) >= 11 is 12.6. The molecular formula is C32H34Cl2N4O4. The van der Waals surface area contributed by atoms with E-state index in [1.165, 1.54) is 0 Å². The van der Waals surface area contributed by atoms with E-state index in [1.807, 2.05) is 17.0 Å². The number of carbonyl (C=O) groups is 3. The number of fused-ring (bicyclic) bond motifs is 1. The van der Waals surface area contributed by atoms with Crippen molar-refractivity contribution in [3.63, 3.8) is 0 Å². The molecule has 1 N–H and O–H groups in total. The van der Waals surface area contributed by atoms with Crippen LogP contribution in [0.1, 0.15) is 45.0 Å². The number of hydrogen-bond acceptors (Lipinski definition) is 5. The Labute approximate surface area is 256 Å². The highest BCUT2D eigenvalue weighted by atomic mass is 35.5.